The Balaban J connectivity index is 1.73. The molecular weight excluding hydrogens is 408 g/mol. The van der Waals surface area contributed by atoms with Crippen LogP contribution in [0.25, 0.3) is 21.6 Å². The van der Waals surface area contributed by atoms with Crippen LogP contribution in [0.1, 0.15) is 51.8 Å². The van der Waals surface area contributed by atoms with Crippen molar-refractivity contribution in [1.82, 2.24) is 0 Å². The highest BCUT2D eigenvalue weighted by molar-refractivity contribution is 7.15. The molecule has 1 aromatic carbocycles. The van der Waals surface area contributed by atoms with Crippen LogP contribution in [-0.2, 0) is 16.0 Å². The van der Waals surface area contributed by atoms with Gasteiger partial charge in [-0.2, -0.15) is 0 Å². The number of fused-ring (bicyclic) bond motifs is 1. The van der Waals surface area contributed by atoms with Crippen LogP contribution in [-0.4, -0.2) is 11.6 Å². The third-order valence-electron chi connectivity index (χ3n) is 4.78. The lowest BCUT2D eigenvalue weighted by Crippen LogP contribution is -2.25. The number of benzene rings is 1. The molecule has 0 atom stereocenters. The van der Waals surface area contributed by atoms with Gasteiger partial charge in [0, 0.05) is 22.4 Å². The molecule has 0 bridgehead atoms. The first-order valence-corrected chi connectivity index (χ1v) is 11.5. The summed E-state index contributed by atoms with van der Waals surface area (Å²) < 4.78 is 17.4. The quantitative estimate of drug-likeness (QED) is 0.141. The topological polar surface area (TPSA) is 48.7 Å². The van der Waals surface area contributed by atoms with Crippen LogP contribution < -0.4 is 4.74 Å². The van der Waals surface area contributed by atoms with Crippen molar-refractivity contribution in [3.63, 3.8) is 0 Å². The van der Waals surface area contributed by atoms with Gasteiger partial charge in [0.2, 0.25) is 0 Å². The highest BCUT2D eigenvalue weighted by atomic mass is 32.1. The van der Waals surface area contributed by atoms with E-state index in [0.29, 0.717) is 11.5 Å². The van der Waals surface area contributed by atoms with Crippen molar-refractivity contribution in [2.75, 3.05) is 0 Å². The van der Waals surface area contributed by atoms with E-state index < -0.39 is 11.6 Å². The predicted octanol–water partition coefficient (Wildman–Crippen LogP) is 7.68. The minimum Gasteiger partial charge on any atom is -0.462 e. The molecule has 3 rings (SSSR count). The Hall–Kier alpha value is -2.79. The summed E-state index contributed by atoms with van der Waals surface area (Å²) in [6.07, 6.45) is 7.77. The van der Waals surface area contributed by atoms with E-state index in [4.69, 9.17) is 13.9 Å². The van der Waals surface area contributed by atoms with Crippen molar-refractivity contribution in [2.24, 2.45) is 0 Å². The van der Waals surface area contributed by atoms with E-state index in [1.807, 2.05) is 25.1 Å². The number of unbranched alkanes of at least 4 members (excludes halogenated alkanes) is 2. The first-order chi connectivity index (χ1) is 14.8. The van der Waals surface area contributed by atoms with Gasteiger partial charge >= 0.3 is 5.97 Å². The minimum atomic E-state index is -0.800. The van der Waals surface area contributed by atoms with E-state index in [0.717, 1.165) is 34.1 Å². The van der Waals surface area contributed by atoms with Crippen molar-refractivity contribution in [3.8, 4) is 16.4 Å². The molecule has 0 saturated carbocycles. The van der Waals surface area contributed by atoms with Gasteiger partial charge in [0.15, 0.2) is 0 Å². The molecule has 0 unspecified atom stereocenters. The molecular formula is C26H30O4S. The van der Waals surface area contributed by atoms with E-state index >= 15 is 0 Å². The molecule has 3 aromatic rings. The number of ether oxygens (including phenoxy) is 2. The average Bonchev–Trinajstić information content (AvgIpc) is 3.33. The molecule has 0 fully saturated rings. The maximum absolute atomic E-state index is 11.5. The maximum atomic E-state index is 11.5. The molecule has 0 aliphatic rings. The van der Waals surface area contributed by atoms with Crippen LogP contribution in [0.2, 0.25) is 0 Å². The Morgan fingerprint density at radius 1 is 1.19 bits per heavy atom. The zero-order chi connectivity index (χ0) is 22.4. The van der Waals surface area contributed by atoms with Gasteiger partial charge in [-0.25, -0.2) is 4.79 Å². The van der Waals surface area contributed by atoms with Gasteiger partial charge in [-0.3, -0.25) is 0 Å². The number of hydrogen-bond donors (Lipinski definition) is 0. The first kappa shape index (κ1) is 22.9. The van der Waals surface area contributed by atoms with Crippen LogP contribution in [0.4, 0.5) is 0 Å². The first-order valence-electron chi connectivity index (χ1n) is 10.6. The lowest BCUT2D eigenvalue weighted by atomic mass is 10.1. The number of esters is 1. The largest absolute Gasteiger partial charge is 0.462 e. The number of thiophene rings is 1. The molecule has 0 saturated heterocycles. The van der Waals surface area contributed by atoms with Gasteiger partial charge in [0.1, 0.15) is 28.5 Å². The van der Waals surface area contributed by atoms with E-state index in [1.165, 1.54) is 24.1 Å². The molecule has 31 heavy (non-hydrogen) atoms. The highest BCUT2D eigenvalue weighted by Crippen LogP contribution is 2.35. The van der Waals surface area contributed by atoms with Gasteiger partial charge in [0.05, 0.1) is 4.88 Å². The number of rotatable bonds is 10. The maximum Gasteiger partial charge on any atom is 0.330 e. The second kappa shape index (κ2) is 10.0. The summed E-state index contributed by atoms with van der Waals surface area (Å²) >= 11 is 1.80. The van der Waals surface area contributed by atoms with Crippen molar-refractivity contribution < 1.29 is 18.7 Å². The fourth-order valence-corrected chi connectivity index (χ4v) is 4.43. The molecule has 0 aliphatic heterocycles. The monoisotopic (exact) mass is 438 g/mol. The van der Waals surface area contributed by atoms with Gasteiger partial charge in [0.25, 0.3) is 0 Å². The minimum absolute atomic E-state index is 0.472. The lowest BCUT2D eigenvalue weighted by Gasteiger charge is -2.21. The number of carbonyl (C=O) groups is 1. The Kier molecular flexibility index (Phi) is 7.39. The summed E-state index contributed by atoms with van der Waals surface area (Å²) in [6.45, 7) is 11.1. The zero-order valence-electron chi connectivity index (χ0n) is 18.7. The fourth-order valence-electron chi connectivity index (χ4n) is 3.43. The fraction of sp³-hybridized carbons (Fsp3) is 0.346. The standard InChI is InChI=1S/C26H30O4S/c1-6-8-9-10-21-13-14-24(31-21)23-15-19-11-12-20(16-22(19)29-23)28-18(3)17-26(4,5)30-25(27)7-2/h7,11-17H,2,6,8-10H2,1,3-5H3/b18-17+. The molecule has 5 heteroatoms. The van der Waals surface area contributed by atoms with Gasteiger partial charge < -0.3 is 13.9 Å². The Morgan fingerprint density at radius 2 is 2.00 bits per heavy atom. The van der Waals surface area contributed by atoms with Crippen LogP contribution in [0.3, 0.4) is 0 Å². The van der Waals surface area contributed by atoms with Crippen LogP contribution in [0.15, 0.2) is 65.3 Å². The van der Waals surface area contributed by atoms with E-state index in [2.05, 4.69) is 31.7 Å². The predicted molar refractivity (Wildman–Crippen MR) is 128 cm³/mol. The average molecular weight is 439 g/mol. The number of allylic oxidation sites excluding steroid dienone is 1. The second-order valence-corrected chi connectivity index (χ2v) is 9.29. The summed E-state index contributed by atoms with van der Waals surface area (Å²) in [5.41, 5.74) is -0.0238. The molecule has 0 aliphatic carbocycles. The van der Waals surface area contributed by atoms with E-state index in [1.54, 1.807) is 31.3 Å². The van der Waals surface area contributed by atoms with Crippen molar-refractivity contribution in [3.05, 3.63) is 65.8 Å². The summed E-state index contributed by atoms with van der Waals surface area (Å²) in [5, 5.41) is 1.03. The SMILES string of the molecule is C=CC(=O)OC(C)(C)/C=C(\C)Oc1ccc2cc(-c3ccc(CCCCC)s3)oc2c1. The number of carbonyl (C=O) groups excluding carboxylic acids is 1. The second-order valence-electron chi connectivity index (χ2n) is 8.12. The molecule has 0 radical (unpaired) electrons. The zero-order valence-corrected chi connectivity index (χ0v) is 19.5. The van der Waals surface area contributed by atoms with E-state index in [9.17, 15) is 4.79 Å². The number of furan rings is 1. The van der Waals surface area contributed by atoms with Crippen LogP contribution in [0.5, 0.6) is 5.75 Å². The van der Waals surface area contributed by atoms with E-state index in [-0.39, 0.29) is 0 Å². The van der Waals surface area contributed by atoms with Gasteiger partial charge in [-0.05, 0) is 70.0 Å². The van der Waals surface area contributed by atoms with Crippen molar-refractivity contribution >= 4 is 28.3 Å². The smallest absolute Gasteiger partial charge is 0.330 e. The Morgan fingerprint density at radius 3 is 2.74 bits per heavy atom. The van der Waals surface area contributed by atoms with Gasteiger partial charge in [-0.15, -0.1) is 11.3 Å². The molecule has 164 valence electrons. The number of aryl methyl sites for hydroxylation is 1. The third kappa shape index (κ3) is 6.34. The summed E-state index contributed by atoms with van der Waals surface area (Å²) in [7, 11) is 0. The van der Waals surface area contributed by atoms with Crippen LogP contribution in [0, 0.1) is 0 Å². The molecule has 0 N–H and O–H groups in total. The third-order valence-corrected chi connectivity index (χ3v) is 5.94. The normalized spacial score (nSPS) is 12.2. The highest BCUT2D eigenvalue weighted by Gasteiger charge is 2.20. The molecule has 0 spiro atoms. The Labute approximate surface area is 188 Å². The summed E-state index contributed by atoms with van der Waals surface area (Å²) in [4.78, 5) is 14.0. The molecule has 0 amide bonds. The van der Waals surface area contributed by atoms with Crippen LogP contribution >= 0.6 is 11.3 Å². The Bertz CT molecular complexity index is 1080. The molecule has 2 aromatic heterocycles. The summed E-state index contributed by atoms with van der Waals surface area (Å²) in [6, 6.07) is 12.2. The molecule has 2 heterocycles. The van der Waals surface area contributed by atoms with Crippen molar-refractivity contribution in [1.29, 1.82) is 0 Å². The lowest BCUT2D eigenvalue weighted by molar-refractivity contribution is -0.146. The number of hydrogen-bond acceptors (Lipinski definition) is 5. The van der Waals surface area contributed by atoms with Gasteiger partial charge in [-0.1, -0.05) is 26.3 Å². The summed E-state index contributed by atoms with van der Waals surface area (Å²) in [5.74, 6) is 1.70. The molecule has 4 nitrogen and oxygen atoms in total. The van der Waals surface area contributed by atoms with Crippen molar-refractivity contribution in [2.45, 2.75) is 59.0 Å².